The summed E-state index contributed by atoms with van der Waals surface area (Å²) in [5.74, 6) is 0.385. The number of nitrogens with one attached hydrogen (secondary N) is 1. The molecule has 1 aromatic rings. The summed E-state index contributed by atoms with van der Waals surface area (Å²) in [5, 5.41) is 6.19. The van der Waals surface area contributed by atoms with Crippen LogP contribution in [-0.2, 0) is 14.8 Å². The molecule has 0 aromatic carbocycles. The SMILES string of the molecule is CN(CC1CCOCC1)S(=O)(=O)c1cn[nH]c1. The molecule has 0 spiro atoms. The third-order valence-corrected chi connectivity index (χ3v) is 4.83. The van der Waals surface area contributed by atoms with Crippen LogP contribution in [0.4, 0.5) is 0 Å². The van der Waals surface area contributed by atoms with Gasteiger partial charge in [-0.2, -0.15) is 5.10 Å². The number of hydrogen-bond donors (Lipinski definition) is 1. The molecule has 0 saturated carbocycles. The van der Waals surface area contributed by atoms with Gasteiger partial charge in [0.2, 0.25) is 10.0 Å². The lowest BCUT2D eigenvalue weighted by atomic mass is 10.0. The van der Waals surface area contributed by atoms with Gasteiger partial charge in [-0.3, -0.25) is 5.10 Å². The van der Waals surface area contributed by atoms with Crippen molar-refractivity contribution in [2.45, 2.75) is 17.7 Å². The fourth-order valence-electron chi connectivity index (χ4n) is 1.95. The second kappa shape index (κ2) is 5.16. The molecule has 1 aromatic heterocycles. The van der Waals surface area contributed by atoms with Crippen molar-refractivity contribution in [1.82, 2.24) is 14.5 Å². The molecule has 0 unspecified atom stereocenters. The van der Waals surface area contributed by atoms with Crippen molar-refractivity contribution in [3.8, 4) is 0 Å². The fraction of sp³-hybridized carbons (Fsp3) is 0.700. The Hall–Kier alpha value is -0.920. The zero-order valence-corrected chi connectivity index (χ0v) is 10.6. The van der Waals surface area contributed by atoms with E-state index in [1.807, 2.05) is 0 Å². The molecule has 0 radical (unpaired) electrons. The molecule has 2 heterocycles. The van der Waals surface area contributed by atoms with Gasteiger partial charge < -0.3 is 4.74 Å². The fourth-order valence-corrected chi connectivity index (χ4v) is 3.11. The average molecular weight is 259 g/mol. The van der Waals surface area contributed by atoms with Crippen molar-refractivity contribution >= 4 is 10.0 Å². The molecule has 1 N–H and O–H groups in total. The van der Waals surface area contributed by atoms with Crippen LogP contribution in [0.25, 0.3) is 0 Å². The Kier molecular flexibility index (Phi) is 3.80. The molecule has 1 aliphatic heterocycles. The third kappa shape index (κ3) is 2.85. The summed E-state index contributed by atoms with van der Waals surface area (Å²) >= 11 is 0. The summed E-state index contributed by atoms with van der Waals surface area (Å²) < 4.78 is 30.9. The van der Waals surface area contributed by atoms with Gasteiger partial charge in [0, 0.05) is 33.0 Å². The Labute approximate surface area is 101 Å². The first-order valence-corrected chi connectivity index (χ1v) is 7.07. The molecule has 96 valence electrons. The first kappa shape index (κ1) is 12.5. The molecule has 17 heavy (non-hydrogen) atoms. The highest BCUT2D eigenvalue weighted by Crippen LogP contribution is 2.19. The van der Waals surface area contributed by atoms with Gasteiger partial charge in [-0.1, -0.05) is 0 Å². The number of ether oxygens (including phenoxy) is 1. The maximum atomic E-state index is 12.1. The van der Waals surface area contributed by atoms with Crippen LogP contribution in [0.1, 0.15) is 12.8 Å². The van der Waals surface area contributed by atoms with E-state index in [9.17, 15) is 8.42 Å². The Balaban J connectivity index is 2.01. The molecule has 0 atom stereocenters. The van der Waals surface area contributed by atoms with Crippen LogP contribution in [0.3, 0.4) is 0 Å². The number of aromatic amines is 1. The standard InChI is InChI=1S/C10H17N3O3S/c1-13(8-9-2-4-16-5-3-9)17(14,15)10-6-11-12-7-10/h6-7,9H,2-5,8H2,1H3,(H,11,12). The van der Waals surface area contributed by atoms with Crippen molar-refractivity contribution in [3.63, 3.8) is 0 Å². The molecule has 7 heteroatoms. The summed E-state index contributed by atoms with van der Waals surface area (Å²) in [7, 11) is -1.79. The zero-order valence-electron chi connectivity index (χ0n) is 9.80. The van der Waals surface area contributed by atoms with Crippen molar-refractivity contribution in [1.29, 1.82) is 0 Å². The highest BCUT2D eigenvalue weighted by atomic mass is 32.2. The number of H-pyrrole nitrogens is 1. The Morgan fingerprint density at radius 3 is 2.82 bits per heavy atom. The molecule has 1 aliphatic rings. The van der Waals surface area contributed by atoms with E-state index in [-0.39, 0.29) is 4.90 Å². The lowest BCUT2D eigenvalue weighted by Crippen LogP contribution is -2.34. The maximum Gasteiger partial charge on any atom is 0.245 e. The molecule has 2 rings (SSSR count). The van der Waals surface area contributed by atoms with Crippen LogP contribution >= 0.6 is 0 Å². The van der Waals surface area contributed by atoms with Crippen molar-refractivity contribution in [3.05, 3.63) is 12.4 Å². The van der Waals surface area contributed by atoms with E-state index >= 15 is 0 Å². The van der Waals surface area contributed by atoms with Crippen LogP contribution in [0, 0.1) is 5.92 Å². The quantitative estimate of drug-likeness (QED) is 0.852. The molecule has 0 bridgehead atoms. The smallest absolute Gasteiger partial charge is 0.245 e. The lowest BCUT2D eigenvalue weighted by molar-refractivity contribution is 0.0620. The molecule has 1 fully saturated rings. The highest BCUT2D eigenvalue weighted by Gasteiger charge is 2.25. The largest absolute Gasteiger partial charge is 0.381 e. The minimum absolute atomic E-state index is 0.215. The number of rotatable bonds is 4. The molecule has 1 saturated heterocycles. The van der Waals surface area contributed by atoms with E-state index in [0.717, 1.165) is 26.1 Å². The first-order chi connectivity index (χ1) is 8.10. The monoisotopic (exact) mass is 259 g/mol. The number of hydrogen-bond acceptors (Lipinski definition) is 4. The molecular weight excluding hydrogens is 242 g/mol. The summed E-state index contributed by atoms with van der Waals surface area (Å²) in [5.41, 5.74) is 0. The van der Waals surface area contributed by atoms with E-state index in [0.29, 0.717) is 12.5 Å². The van der Waals surface area contributed by atoms with E-state index < -0.39 is 10.0 Å². The summed E-state index contributed by atoms with van der Waals surface area (Å²) in [6.07, 6.45) is 4.57. The zero-order chi connectivity index (χ0) is 12.3. The number of sulfonamides is 1. The number of aromatic nitrogens is 2. The minimum Gasteiger partial charge on any atom is -0.381 e. The predicted octanol–water partition coefficient (Wildman–Crippen LogP) is 0.457. The summed E-state index contributed by atoms with van der Waals surface area (Å²) in [6, 6.07) is 0. The second-order valence-electron chi connectivity index (χ2n) is 4.28. The van der Waals surface area contributed by atoms with E-state index in [1.54, 1.807) is 7.05 Å². The van der Waals surface area contributed by atoms with Crippen molar-refractivity contribution < 1.29 is 13.2 Å². The molecule has 0 amide bonds. The van der Waals surface area contributed by atoms with Crippen LogP contribution in [0.5, 0.6) is 0 Å². The van der Waals surface area contributed by atoms with Crippen LogP contribution in [0.15, 0.2) is 17.3 Å². The van der Waals surface area contributed by atoms with E-state index in [2.05, 4.69) is 10.2 Å². The highest BCUT2D eigenvalue weighted by molar-refractivity contribution is 7.89. The number of nitrogens with zero attached hydrogens (tertiary/aromatic N) is 2. The first-order valence-electron chi connectivity index (χ1n) is 5.63. The Bertz CT molecular complexity index is 437. The summed E-state index contributed by atoms with van der Waals surface area (Å²) in [6.45, 7) is 1.99. The van der Waals surface area contributed by atoms with Crippen LogP contribution in [0.2, 0.25) is 0 Å². The van der Waals surface area contributed by atoms with Gasteiger partial charge >= 0.3 is 0 Å². The van der Waals surface area contributed by atoms with E-state index in [4.69, 9.17) is 4.74 Å². The Morgan fingerprint density at radius 2 is 2.24 bits per heavy atom. The summed E-state index contributed by atoms with van der Waals surface area (Å²) in [4.78, 5) is 0.215. The van der Waals surface area contributed by atoms with Gasteiger partial charge in [0.15, 0.2) is 0 Å². The van der Waals surface area contributed by atoms with Gasteiger partial charge in [-0.25, -0.2) is 12.7 Å². The van der Waals surface area contributed by atoms with Gasteiger partial charge in [0.1, 0.15) is 4.90 Å². The van der Waals surface area contributed by atoms with Gasteiger partial charge in [0.05, 0.1) is 6.20 Å². The maximum absolute atomic E-state index is 12.1. The van der Waals surface area contributed by atoms with Gasteiger partial charge in [-0.05, 0) is 18.8 Å². The Morgan fingerprint density at radius 1 is 1.53 bits per heavy atom. The predicted molar refractivity (Wildman–Crippen MR) is 61.9 cm³/mol. The molecular formula is C10H17N3O3S. The van der Waals surface area contributed by atoms with Crippen LogP contribution in [-0.4, -0.2) is 49.7 Å². The second-order valence-corrected chi connectivity index (χ2v) is 6.32. The molecule has 0 aliphatic carbocycles. The normalized spacial score (nSPS) is 18.7. The third-order valence-electron chi connectivity index (χ3n) is 3.04. The minimum atomic E-state index is -3.40. The average Bonchev–Trinajstić information content (AvgIpc) is 2.84. The van der Waals surface area contributed by atoms with Crippen molar-refractivity contribution in [2.24, 2.45) is 5.92 Å². The van der Waals surface area contributed by atoms with Gasteiger partial charge in [-0.15, -0.1) is 0 Å². The lowest BCUT2D eigenvalue weighted by Gasteiger charge is -2.26. The van der Waals surface area contributed by atoms with E-state index in [1.165, 1.54) is 16.7 Å². The van der Waals surface area contributed by atoms with Gasteiger partial charge in [0.25, 0.3) is 0 Å². The van der Waals surface area contributed by atoms with Crippen LogP contribution < -0.4 is 0 Å². The molecule has 6 nitrogen and oxygen atoms in total. The topological polar surface area (TPSA) is 75.3 Å². The van der Waals surface area contributed by atoms with Crippen molar-refractivity contribution in [2.75, 3.05) is 26.8 Å².